The Kier molecular flexibility index (Phi) is 3.78. The van der Waals surface area contributed by atoms with Gasteiger partial charge >= 0.3 is 0 Å². The van der Waals surface area contributed by atoms with Crippen LogP contribution in [0.25, 0.3) is 0 Å². The number of aliphatic hydroxyl groups excluding tert-OH is 2. The molecule has 4 rings (SSSR count). The molecule has 8 atom stereocenters. The first kappa shape index (κ1) is 16.8. The molecule has 0 aromatic carbocycles. The second kappa shape index (κ2) is 5.41. The fourth-order valence-corrected chi connectivity index (χ4v) is 7.30. The van der Waals surface area contributed by atoms with Crippen molar-refractivity contribution in [2.24, 2.45) is 34.5 Å². The Hall–Kier alpha value is -0.670. The van der Waals surface area contributed by atoms with Crippen molar-refractivity contribution in [2.75, 3.05) is 0 Å². The molecule has 3 saturated carbocycles. The predicted octanol–water partition coefficient (Wildman–Crippen LogP) is 3.49. The zero-order chi connectivity index (χ0) is 17.3. The van der Waals surface area contributed by atoms with Gasteiger partial charge in [0.15, 0.2) is 0 Å². The van der Waals surface area contributed by atoms with Gasteiger partial charge in [-0.05, 0) is 80.5 Å². The molecular formula is C21H32O3. The molecule has 0 unspecified atom stereocenters. The average molecular weight is 332 g/mol. The van der Waals surface area contributed by atoms with E-state index in [9.17, 15) is 15.0 Å². The number of aliphatic hydroxyl groups is 2. The SMILES string of the molecule is CC(=O)[C@H]1CC[C@H]2[C@@H]3[C@H](O)C=C4C[C@@H](O)CC[C@]4(C)[C@H]3CC[C@]12C. The number of carbonyl (C=O) groups is 1. The van der Waals surface area contributed by atoms with Gasteiger partial charge in [-0.15, -0.1) is 0 Å². The molecule has 0 bridgehead atoms. The van der Waals surface area contributed by atoms with Crippen LogP contribution in [-0.2, 0) is 4.79 Å². The van der Waals surface area contributed by atoms with Gasteiger partial charge in [0.05, 0.1) is 12.2 Å². The maximum atomic E-state index is 12.2. The average Bonchev–Trinajstić information content (AvgIpc) is 2.86. The standard InChI is InChI=1S/C21H32O3/c1-12(22)15-4-5-16-19-17(7-9-21(15,16)3)20(2)8-6-14(23)10-13(20)11-18(19)24/h11,14-19,23-24H,4-10H2,1-3H3/t14-,15+,16-,17-,18+,19-,20-,21+/m0/s1. The molecule has 3 heteroatoms. The van der Waals surface area contributed by atoms with Crippen LogP contribution in [0.4, 0.5) is 0 Å². The summed E-state index contributed by atoms with van der Waals surface area (Å²) < 4.78 is 0. The van der Waals surface area contributed by atoms with E-state index in [0.29, 0.717) is 17.6 Å². The van der Waals surface area contributed by atoms with Crippen LogP contribution in [0.1, 0.15) is 65.7 Å². The molecule has 0 radical (unpaired) electrons. The van der Waals surface area contributed by atoms with Crippen LogP contribution >= 0.6 is 0 Å². The van der Waals surface area contributed by atoms with E-state index in [0.717, 1.165) is 44.9 Å². The molecule has 0 aromatic heterocycles. The fraction of sp³-hybridized carbons (Fsp3) is 0.857. The Morgan fingerprint density at radius 1 is 1.08 bits per heavy atom. The highest BCUT2D eigenvalue weighted by Crippen LogP contribution is 2.66. The third-order valence-electron chi connectivity index (χ3n) is 8.59. The van der Waals surface area contributed by atoms with E-state index in [1.807, 2.05) is 0 Å². The van der Waals surface area contributed by atoms with Gasteiger partial charge in [-0.25, -0.2) is 0 Å². The van der Waals surface area contributed by atoms with Gasteiger partial charge in [0.25, 0.3) is 0 Å². The topological polar surface area (TPSA) is 57.5 Å². The van der Waals surface area contributed by atoms with Crippen molar-refractivity contribution < 1.29 is 15.0 Å². The number of fused-ring (bicyclic) bond motifs is 5. The lowest BCUT2D eigenvalue weighted by Gasteiger charge is -2.59. The lowest BCUT2D eigenvalue weighted by molar-refractivity contribution is -0.130. The van der Waals surface area contributed by atoms with Gasteiger partial charge in [-0.2, -0.15) is 0 Å². The normalized spacial score (nSPS) is 53.6. The van der Waals surface area contributed by atoms with Crippen LogP contribution in [-0.4, -0.2) is 28.2 Å². The van der Waals surface area contributed by atoms with E-state index in [1.165, 1.54) is 5.57 Å². The summed E-state index contributed by atoms with van der Waals surface area (Å²) in [7, 11) is 0. The van der Waals surface area contributed by atoms with Crippen molar-refractivity contribution in [3.8, 4) is 0 Å². The van der Waals surface area contributed by atoms with Crippen LogP contribution in [0.5, 0.6) is 0 Å². The van der Waals surface area contributed by atoms with Crippen LogP contribution in [0, 0.1) is 34.5 Å². The van der Waals surface area contributed by atoms with Crippen LogP contribution in [0.15, 0.2) is 11.6 Å². The minimum Gasteiger partial charge on any atom is -0.393 e. The summed E-state index contributed by atoms with van der Waals surface area (Å²) in [6.45, 7) is 6.43. The van der Waals surface area contributed by atoms with Crippen molar-refractivity contribution in [3.05, 3.63) is 11.6 Å². The van der Waals surface area contributed by atoms with Gasteiger partial charge in [0, 0.05) is 5.92 Å². The zero-order valence-corrected chi connectivity index (χ0v) is 15.3. The first-order valence-corrected chi connectivity index (χ1v) is 9.85. The van der Waals surface area contributed by atoms with Crippen LogP contribution < -0.4 is 0 Å². The van der Waals surface area contributed by atoms with Gasteiger partial charge in [-0.3, -0.25) is 4.79 Å². The lowest BCUT2D eigenvalue weighted by atomic mass is 9.46. The molecule has 3 nitrogen and oxygen atoms in total. The first-order chi connectivity index (χ1) is 11.3. The molecule has 0 saturated heterocycles. The minimum atomic E-state index is -0.404. The first-order valence-electron chi connectivity index (χ1n) is 9.85. The molecule has 0 spiro atoms. The summed E-state index contributed by atoms with van der Waals surface area (Å²) >= 11 is 0. The molecular weight excluding hydrogens is 300 g/mol. The number of Topliss-reactive ketones (excluding diaryl/α,β-unsaturated/α-hetero) is 1. The number of hydrogen-bond acceptors (Lipinski definition) is 3. The van der Waals surface area contributed by atoms with E-state index in [2.05, 4.69) is 19.9 Å². The van der Waals surface area contributed by atoms with Gasteiger partial charge in [0.1, 0.15) is 5.78 Å². The maximum absolute atomic E-state index is 12.2. The zero-order valence-electron chi connectivity index (χ0n) is 15.3. The highest BCUT2D eigenvalue weighted by molar-refractivity contribution is 5.79. The molecule has 0 aliphatic heterocycles. The van der Waals surface area contributed by atoms with Gasteiger partial charge in [-0.1, -0.05) is 25.5 Å². The summed E-state index contributed by atoms with van der Waals surface area (Å²) in [5.41, 5.74) is 1.50. The summed E-state index contributed by atoms with van der Waals surface area (Å²) in [5.74, 6) is 1.77. The number of hydrogen-bond donors (Lipinski definition) is 2. The highest BCUT2D eigenvalue weighted by atomic mass is 16.3. The third-order valence-corrected chi connectivity index (χ3v) is 8.59. The lowest BCUT2D eigenvalue weighted by Crippen LogP contribution is -2.55. The molecule has 0 heterocycles. The smallest absolute Gasteiger partial charge is 0.133 e. The molecule has 4 aliphatic rings. The predicted molar refractivity (Wildman–Crippen MR) is 93.3 cm³/mol. The molecule has 3 fully saturated rings. The maximum Gasteiger partial charge on any atom is 0.133 e. The van der Waals surface area contributed by atoms with E-state index in [-0.39, 0.29) is 28.8 Å². The van der Waals surface area contributed by atoms with Crippen molar-refractivity contribution in [1.82, 2.24) is 0 Å². The number of carbonyl (C=O) groups excluding carboxylic acids is 1. The largest absolute Gasteiger partial charge is 0.393 e. The molecule has 24 heavy (non-hydrogen) atoms. The van der Waals surface area contributed by atoms with Crippen LogP contribution in [0.3, 0.4) is 0 Å². The molecule has 134 valence electrons. The molecule has 2 N–H and O–H groups in total. The Bertz CT molecular complexity index is 582. The summed E-state index contributed by atoms with van der Waals surface area (Å²) in [6, 6.07) is 0. The van der Waals surface area contributed by atoms with Crippen molar-refractivity contribution in [2.45, 2.75) is 77.9 Å². The number of ketones is 1. The summed E-state index contributed by atoms with van der Waals surface area (Å²) in [5, 5.41) is 21.1. The van der Waals surface area contributed by atoms with E-state index in [4.69, 9.17) is 0 Å². The van der Waals surface area contributed by atoms with Crippen LogP contribution in [0.2, 0.25) is 0 Å². The Labute approximate surface area is 145 Å². The van der Waals surface area contributed by atoms with Crippen molar-refractivity contribution in [1.29, 1.82) is 0 Å². The second-order valence-corrected chi connectivity index (χ2v) is 9.57. The molecule has 0 aromatic rings. The third kappa shape index (κ3) is 2.13. The molecule has 4 aliphatic carbocycles. The summed E-state index contributed by atoms with van der Waals surface area (Å²) in [6.07, 6.45) is 8.39. The van der Waals surface area contributed by atoms with E-state index >= 15 is 0 Å². The quantitative estimate of drug-likeness (QED) is 0.723. The van der Waals surface area contributed by atoms with E-state index < -0.39 is 6.10 Å². The van der Waals surface area contributed by atoms with Gasteiger partial charge < -0.3 is 10.2 Å². The Balaban J connectivity index is 1.71. The molecule has 0 amide bonds. The minimum absolute atomic E-state index is 0.0733. The Morgan fingerprint density at radius 2 is 1.83 bits per heavy atom. The highest BCUT2D eigenvalue weighted by Gasteiger charge is 2.61. The van der Waals surface area contributed by atoms with E-state index in [1.54, 1.807) is 6.92 Å². The Morgan fingerprint density at radius 3 is 2.54 bits per heavy atom. The van der Waals surface area contributed by atoms with Crippen molar-refractivity contribution >= 4 is 5.78 Å². The van der Waals surface area contributed by atoms with Gasteiger partial charge in [0.2, 0.25) is 0 Å². The summed E-state index contributed by atoms with van der Waals surface area (Å²) in [4.78, 5) is 12.2. The fourth-order valence-electron chi connectivity index (χ4n) is 7.30. The monoisotopic (exact) mass is 332 g/mol. The van der Waals surface area contributed by atoms with Crippen molar-refractivity contribution in [3.63, 3.8) is 0 Å². The number of rotatable bonds is 1. The second-order valence-electron chi connectivity index (χ2n) is 9.57.